The van der Waals surface area contributed by atoms with Crippen molar-refractivity contribution in [3.8, 4) is 11.5 Å². The average molecular weight is 344 g/mol. The maximum atomic E-state index is 12.3. The number of carbonyl (C=O) groups is 1. The van der Waals surface area contributed by atoms with Gasteiger partial charge in [0, 0.05) is 6.42 Å². The number of benzene rings is 1. The molecule has 1 atom stereocenters. The van der Waals surface area contributed by atoms with Gasteiger partial charge >= 0.3 is 0 Å². The van der Waals surface area contributed by atoms with E-state index in [2.05, 4.69) is 22.9 Å². The lowest BCUT2D eigenvalue weighted by Crippen LogP contribution is -2.09. The third-order valence-electron chi connectivity index (χ3n) is 3.31. The first kappa shape index (κ1) is 17.0. The van der Waals surface area contributed by atoms with E-state index in [-0.39, 0.29) is 5.78 Å². The number of nitrogens with two attached hydrogens (primary N) is 1. The molecule has 0 radical (unpaired) electrons. The summed E-state index contributed by atoms with van der Waals surface area (Å²) in [7, 11) is 3.13. The summed E-state index contributed by atoms with van der Waals surface area (Å²) in [6.45, 7) is 2.77. The van der Waals surface area contributed by atoms with Gasteiger partial charge in [0.2, 0.25) is 0 Å². The minimum atomic E-state index is 0.0778. The van der Waals surface area contributed by atoms with Gasteiger partial charge in [-0.2, -0.15) is 0 Å². The molecule has 1 aromatic rings. The van der Waals surface area contributed by atoms with Gasteiger partial charge in [0.05, 0.1) is 19.8 Å². The largest absolute Gasteiger partial charge is 0.495 e. The highest BCUT2D eigenvalue weighted by atomic mass is 79.9. The summed E-state index contributed by atoms with van der Waals surface area (Å²) in [4.78, 5) is 12.3. The molecule has 0 aromatic heterocycles. The van der Waals surface area contributed by atoms with Gasteiger partial charge in [-0.1, -0.05) is 6.92 Å². The van der Waals surface area contributed by atoms with Gasteiger partial charge in [0.25, 0.3) is 0 Å². The molecule has 1 aromatic carbocycles. The van der Waals surface area contributed by atoms with E-state index in [1.807, 2.05) is 0 Å². The molecule has 0 amide bonds. The molecule has 2 N–H and O–H groups in total. The molecule has 0 saturated heterocycles. The number of methoxy groups -OCH3 is 2. The van der Waals surface area contributed by atoms with Crippen molar-refractivity contribution in [1.82, 2.24) is 0 Å². The van der Waals surface area contributed by atoms with Crippen LogP contribution in [0.4, 0.5) is 0 Å². The Labute approximate surface area is 128 Å². The minimum Gasteiger partial charge on any atom is -0.495 e. The van der Waals surface area contributed by atoms with Crippen molar-refractivity contribution in [3.63, 3.8) is 0 Å². The standard InChI is InChI=1S/C15H22BrNO3/c1-10(8-9-17)4-6-12(18)11-5-7-13(19-2)14(16)15(11)20-3/h5,7,10H,4,6,8-9,17H2,1-3H3. The van der Waals surface area contributed by atoms with Crippen molar-refractivity contribution in [3.05, 3.63) is 22.2 Å². The third-order valence-corrected chi connectivity index (χ3v) is 4.06. The van der Waals surface area contributed by atoms with Crippen LogP contribution in [0.3, 0.4) is 0 Å². The number of halogens is 1. The summed E-state index contributed by atoms with van der Waals surface area (Å²) in [5, 5.41) is 0. The van der Waals surface area contributed by atoms with Gasteiger partial charge in [0.15, 0.2) is 5.78 Å². The fraction of sp³-hybridized carbons (Fsp3) is 0.533. The van der Waals surface area contributed by atoms with Crippen molar-refractivity contribution in [2.75, 3.05) is 20.8 Å². The van der Waals surface area contributed by atoms with E-state index < -0.39 is 0 Å². The Kier molecular flexibility index (Phi) is 7.02. The summed E-state index contributed by atoms with van der Waals surface area (Å²) in [5.74, 6) is 1.71. The van der Waals surface area contributed by atoms with Crippen LogP contribution in [0.5, 0.6) is 11.5 Å². The number of rotatable bonds is 8. The Morgan fingerprint density at radius 3 is 2.55 bits per heavy atom. The van der Waals surface area contributed by atoms with E-state index in [0.29, 0.717) is 40.4 Å². The van der Waals surface area contributed by atoms with Crippen molar-refractivity contribution in [2.45, 2.75) is 26.2 Å². The van der Waals surface area contributed by atoms with Crippen LogP contribution in [0.2, 0.25) is 0 Å². The Balaban J connectivity index is 2.85. The van der Waals surface area contributed by atoms with E-state index in [0.717, 1.165) is 12.8 Å². The molecular formula is C15H22BrNO3. The molecule has 0 spiro atoms. The van der Waals surface area contributed by atoms with Crippen LogP contribution in [0, 0.1) is 5.92 Å². The second-order valence-corrected chi connectivity index (χ2v) is 5.60. The van der Waals surface area contributed by atoms with E-state index in [1.165, 1.54) is 0 Å². The molecule has 0 fully saturated rings. The normalized spacial score (nSPS) is 12.1. The number of ether oxygens (including phenoxy) is 2. The van der Waals surface area contributed by atoms with E-state index in [4.69, 9.17) is 15.2 Å². The maximum absolute atomic E-state index is 12.3. The highest BCUT2D eigenvalue weighted by Crippen LogP contribution is 2.37. The molecule has 20 heavy (non-hydrogen) atoms. The number of carbonyl (C=O) groups excluding carboxylic acids is 1. The van der Waals surface area contributed by atoms with E-state index in [1.54, 1.807) is 26.4 Å². The molecule has 0 aliphatic carbocycles. The van der Waals surface area contributed by atoms with Gasteiger partial charge in [-0.25, -0.2) is 0 Å². The number of hydrogen-bond donors (Lipinski definition) is 1. The van der Waals surface area contributed by atoms with Crippen LogP contribution in [0.25, 0.3) is 0 Å². The zero-order chi connectivity index (χ0) is 15.1. The quantitative estimate of drug-likeness (QED) is 0.734. The summed E-state index contributed by atoms with van der Waals surface area (Å²) < 4.78 is 11.2. The lowest BCUT2D eigenvalue weighted by atomic mass is 9.97. The molecule has 112 valence electrons. The molecule has 0 saturated carbocycles. The van der Waals surface area contributed by atoms with Gasteiger partial charge in [-0.15, -0.1) is 0 Å². The van der Waals surface area contributed by atoms with Crippen molar-refractivity contribution >= 4 is 21.7 Å². The van der Waals surface area contributed by atoms with Crippen LogP contribution < -0.4 is 15.2 Å². The number of hydrogen-bond acceptors (Lipinski definition) is 4. The molecule has 1 rings (SSSR count). The predicted molar refractivity (Wildman–Crippen MR) is 83.6 cm³/mol. The van der Waals surface area contributed by atoms with Gasteiger partial charge in [-0.05, 0) is 53.4 Å². The molecule has 0 aliphatic rings. The Hall–Kier alpha value is -1.07. The monoisotopic (exact) mass is 343 g/mol. The fourth-order valence-corrected chi connectivity index (χ4v) is 2.73. The summed E-state index contributed by atoms with van der Waals surface area (Å²) in [6, 6.07) is 3.52. The predicted octanol–water partition coefficient (Wildman–Crippen LogP) is 3.41. The maximum Gasteiger partial charge on any atom is 0.166 e. The zero-order valence-electron chi connectivity index (χ0n) is 12.2. The molecular weight excluding hydrogens is 322 g/mol. The molecule has 5 heteroatoms. The third kappa shape index (κ3) is 4.21. The fourth-order valence-electron chi connectivity index (χ4n) is 2.06. The van der Waals surface area contributed by atoms with Crippen LogP contribution in [-0.2, 0) is 0 Å². The smallest absolute Gasteiger partial charge is 0.166 e. The molecule has 0 bridgehead atoms. The first-order valence-corrected chi connectivity index (χ1v) is 7.48. The van der Waals surface area contributed by atoms with Crippen LogP contribution in [0.15, 0.2) is 16.6 Å². The van der Waals surface area contributed by atoms with Crippen LogP contribution in [-0.4, -0.2) is 26.5 Å². The average Bonchev–Trinajstić information content (AvgIpc) is 2.44. The lowest BCUT2D eigenvalue weighted by Gasteiger charge is -2.14. The lowest BCUT2D eigenvalue weighted by molar-refractivity contribution is 0.0971. The summed E-state index contributed by atoms with van der Waals surface area (Å²) in [5.41, 5.74) is 6.10. The summed E-state index contributed by atoms with van der Waals surface area (Å²) >= 11 is 3.41. The Morgan fingerprint density at radius 1 is 1.30 bits per heavy atom. The Bertz CT molecular complexity index is 463. The highest BCUT2D eigenvalue weighted by Gasteiger charge is 2.18. The SMILES string of the molecule is COc1ccc(C(=O)CCC(C)CCN)c(OC)c1Br. The second kappa shape index (κ2) is 8.27. The van der Waals surface area contributed by atoms with E-state index >= 15 is 0 Å². The first-order chi connectivity index (χ1) is 9.54. The second-order valence-electron chi connectivity index (χ2n) is 4.81. The van der Waals surface area contributed by atoms with Gasteiger partial charge in [0.1, 0.15) is 16.0 Å². The molecule has 1 unspecified atom stereocenters. The minimum absolute atomic E-state index is 0.0778. The molecule has 0 aliphatic heterocycles. The van der Waals surface area contributed by atoms with Gasteiger partial charge in [-0.3, -0.25) is 4.79 Å². The molecule has 4 nitrogen and oxygen atoms in total. The summed E-state index contributed by atoms with van der Waals surface area (Å²) in [6.07, 6.45) is 2.27. The number of ketones is 1. The van der Waals surface area contributed by atoms with Crippen molar-refractivity contribution in [1.29, 1.82) is 0 Å². The Morgan fingerprint density at radius 2 is 2.00 bits per heavy atom. The number of Topliss-reactive ketones (excluding diaryl/α,β-unsaturated/α-hetero) is 1. The zero-order valence-corrected chi connectivity index (χ0v) is 13.8. The van der Waals surface area contributed by atoms with Crippen molar-refractivity contribution < 1.29 is 14.3 Å². The molecule has 0 heterocycles. The van der Waals surface area contributed by atoms with Crippen molar-refractivity contribution in [2.24, 2.45) is 11.7 Å². The topological polar surface area (TPSA) is 61.5 Å². The highest BCUT2D eigenvalue weighted by molar-refractivity contribution is 9.10. The van der Waals surface area contributed by atoms with Crippen LogP contribution in [0.1, 0.15) is 36.5 Å². The van der Waals surface area contributed by atoms with Gasteiger partial charge < -0.3 is 15.2 Å². The van der Waals surface area contributed by atoms with Crippen LogP contribution >= 0.6 is 15.9 Å². The first-order valence-electron chi connectivity index (χ1n) is 6.68. The van der Waals surface area contributed by atoms with E-state index in [9.17, 15) is 4.79 Å².